The Morgan fingerprint density at radius 3 is 2.48 bits per heavy atom. The Morgan fingerprint density at radius 2 is 1.85 bits per heavy atom. The van der Waals surface area contributed by atoms with Crippen LogP contribution in [0.3, 0.4) is 0 Å². The number of benzene rings is 1. The fourth-order valence-corrected chi connectivity index (χ4v) is 4.51. The van der Waals surface area contributed by atoms with E-state index in [0.29, 0.717) is 18.9 Å². The SMILES string of the molecule is CCC(=O)NCc1csc(C2CCN(C(=O)c3cc(C)cc(C)c3)CC2)n1. The normalized spacial score (nSPS) is 15.0. The van der Waals surface area contributed by atoms with Crippen LogP contribution in [-0.4, -0.2) is 34.8 Å². The van der Waals surface area contributed by atoms with Gasteiger partial charge >= 0.3 is 0 Å². The zero-order valence-electron chi connectivity index (χ0n) is 16.2. The van der Waals surface area contributed by atoms with Crippen LogP contribution in [0.4, 0.5) is 0 Å². The largest absolute Gasteiger partial charge is 0.350 e. The van der Waals surface area contributed by atoms with Gasteiger partial charge in [-0.1, -0.05) is 24.1 Å². The molecule has 0 radical (unpaired) electrons. The van der Waals surface area contributed by atoms with Gasteiger partial charge in [-0.3, -0.25) is 9.59 Å². The fraction of sp³-hybridized carbons (Fsp3) is 0.476. The van der Waals surface area contributed by atoms with Gasteiger partial charge in [0, 0.05) is 36.4 Å². The van der Waals surface area contributed by atoms with E-state index in [1.54, 1.807) is 11.3 Å². The Morgan fingerprint density at radius 1 is 1.19 bits per heavy atom. The number of aromatic nitrogens is 1. The van der Waals surface area contributed by atoms with Crippen LogP contribution in [-0.2, 0) is 11.3 Å². The third-order valence-electron chi connectivity index (χ3n) is 4.96. The van der Waals surface area contributed by atoms with Crippen LogP contribution in [0.25, 0.3) is 0 Å². The van der Waals surface area contributed by atoms with Crippen LogP contribution >= 0.6 is 11.3 Å². The third-order valence-corrected chi connectivity index (χ3v) is 6.01. The summed E-state index contributed by atoms with van der Waals surface area (Å²) < 4.78 is 0. The average molecular weight is 386 g/mol. The standard InChI is InChI=1S/C21H27N3O2S/c1-4-19(25)22-12-18-13-27-20(23-18)16-5-7-24(8-6-16)21(26)17-10-14(2)9-15(3)11-17/h9-11,13,16H,4-8,12H2,1-3H3,(H,22,25). The lowest BCUT2D eigenvalue weighted by Crippen LogP contribution is -2.38. The van der Waals surface area contributed by atoms with E-state index >= 15 is 0 Å². The predicted octanol–water partition coefficient (Wildman–Crippen LogP) is 3.81. The van der Waals surface area contributed by atoms with E-state index in [0.717, 1.165) is 53.3 Å². The van der Waals surface area contributed by atoms with Gasteiger partial charge in [-0.2, -0.15) is 0 Å². The lowest BCUT2D eigenvalue weighted by atomic mass is 9.96. The highest BCUT2D eigenvalue weighted by Crippen LogP contribution is 2.31. The molecule has 1 aliphatic rings. The molecule has 2 aromatic rings. The van der Waals surface area contributed by atoms with Gasteiger partial charge in [0.15, 0.2) is 0 Å². The van der Waals surface area contributed by atoms with Crippen molar-refractivity contribution >= 4 is 23.2 Å². The van der Waals surface area contributed by atoms with E-state index < -0.39 is 0 Å². The molecule has 1 aromatic carbocycles. The maximum absolute atomic E-state index is 12.8. The predicted molar refractivity (Wildman–Crippen MR) is 108 cm³/mol. The highest BCUT2D eigenvalue weighted by atomic mass is 32.1. The Labute approximate surface area is 164 Å². The molecule has 5 nitrogen and oxygen atoms in total. The molecule has 0 atom stereocenters. The van der Waals surface area contributed by atoms with Crippen molar-refractivity contribution in [3.63, 3.8) is 0 Å². The Balaban J connectivity index is 1.56. The van der Waals surface area contributed by atoms with Crippen molar-refractivity contribution in [1.82, 2.24) is 15.2 Å². The number of aryl methyl sites for hydroxylation is 2. The van der Waals surface area contributed by atoms with Gasteiger partial charge in [-0.25, -0.2) is 4.98 Å². The van der Waals surface area contributed by atoms with Gasteiger partial charge < -0.3 is 10.2 Å². The van der Waals surface area contributed by atoms with Crippen molar-refractivity contribution in [2.45, 2.75) is 52.5 Å². The van der Waals surface area contributed by atoms with Gasteiger partial charge in [-0.05, 0) is 38.8 Å². The molecule has 0 saturated carbocycles. The molecule has 1 saturated heterocycles. The van der Waals surface area contributed by atoms with Crippen LogP contribution in [0, 0.1) is 13.8 Å². The van der Waals surface area contributed by atoms with Crippen LogP contribution < -0.4 is 5.32 Å². The summed E-state index contributed by atoms with van der Waals surface area (Å²) in [6.45, 7) is 7.91. The fourth-order valence-electron chi connectivity index (χ4n) is 3.52. The molecular weight excluding hydrogens is 358 g/mol. The topological polar surface area (TPSA) is 62.3 Å². The maximum Gasteiger partial charge on any atom is 0.253 e. The molecule has 1 fully saturated rings. The van der Waals surface area contributed by atoms with Crippen LogP contribution in [0.5, 0.6) is 0 Å². The van der Waals surface area contributed by atoms with E-state index in [1.807, 2.05) is 43.2 Å². The van der Waals surface area contributed by atoms with E-state index in [4.69, 9.17) is 4.98 Å². The Kier molecular flexibility index (Phi) is 6.26. The highest BCUT2D eigenvalue weighted by Gasteiger charge is 2.26. The molecule has 6 heteroatoms. The van der Waals surface area contributed by atoms with Crippen molar-refractivity contribution in [3.8, 4) is 0 Å². The first-order valence-electron chi connectivity index (χ1n) is 9.55. The van der Waals surface area contributed by atoms with Gasteiger partial charge in [0.05, 0.1) is 17.2 Å². The maximum atomic E-state index is 12.8. The van der Waals surface area contributed by atoms with E-state index in [9.17, 15) is 9.59 Å². The number of nitrogens with zero attached hydrogens (tertiary/aromatic N) is 2. The summed E-state index contributed by atoms with van der Waals surface area (Å²) in [5.41, 5.74) is 3.96. The number of thiazole rings is 1. The number of carbonyl (C=O) groups excluding carboxylic acids is 2. The van der Waals surface area contributed by atoms with Crippen molar-refractivity contribution in [3.05, 3.63) is 51.0 Å². The van der Waals surface area contributed by atoms with E-state index in [2.05, 4.69) is 11.4 Å². The summed E-state index contributed by atoms with van der Waals surface area (Å²) in [6.07, 6.45) is 2.36. The van der Waals surface area contributed by atoms with Crippen LogP contribution in [0.2, 0.25) is 0 Å². The second-order valence-corrected chi connectivity index (χ2v) is 8.14. The van der Waals surface area contributed by atoms with Gasteiger partial charge in [0.1, 0.15) is 0 Å². The summed E-state index contributed by atoms with van der Waals surface area (Å²) in [4.78, 5) is 30.8. The molecule has 2 heterocycles. The van der Waals surface area contributed by atoms with Crippen molar-refractivity contribution in [1.29, 1.82) is 0 Å². The molecule has 0 spiro atoms. The number of likely N-dealkylation sites (tertiary alicyclic amines) is 1. The number of hydrogen-bond acceptors (Lipinski definition) is 4. The Hall–Kier alpha value is -2.21. The zero-order valence-corrected chi connectivity index (χ0v) is 17.1. The zero-order chi connectivity index (χ0) is 19.4. The summed E-state index contributed by atoms with van der Waals surface area (Å²) in [5.74, 6) is 0.569. The summed E-state index contributed by atoms with van der Waals surface area (Å²) in [5, 5.41) is 6.01. The molecule has 0 aliphatic carbocycles. The third kappa shape index (κ3) is 4.95. The molecule has 0 bridgehead atoms. The second-order valence-electron chi connectivity index (χ2n) is 7.25. The molecule has 2 amide bonds. The monoisotopic (exact) mass is 385 g/mol. The first-order valence-corrected chi connectivity index (χ1v) is 10.4. The average Bonchev–Trinajstić information content (AvgIpc) is 3.14. The van der Waals surface area contributed by atoms with E-state index in [-0.39, 0.29) is 11.8 Å². The molecule has 1 aromatic heterocycles. The van der Waals surface area contributed by atoms with Crippen LogP contribution in [0.1, 0.15) is 64.3 Å². The van der Waals surface area contributed by atoms with Crippen molar-refractivity contribution in [2.75, 3.05) is 13.1 Å². The molecule has 1 N–H and O–H groups in total. The van der Waals surface area contributed by atoms with Crippen molar-refractivity contribution in [2.24, 2.45) is 0 Å². The smallest absolute Gasteiger partial charge is 0.253 e. The minimum absolute atomic E-state index is 0.0442. The number of piperidine rings is 1. The number of hydrogen-bond donors (Lipinski definition) is 1. The number of carbonyl (C=O) groups is 2. The number of nitrogens with one attached hydrogen (secondary N) is 1. The summed E-state index contributed by atoms with van der Waals surface area (Å²) >= 11 is 1.66. The molecule has 27 heavy (non-hydrogen) atoms. The first-order chi connectivity index (χ1) is 13.0. The summed E-state index contributed by atoms with van der Waals surface area (Å²) in [6, 6.07) is 6.03. The van der Waals surface area contributed by atoms with E-state index in [1.165, 1.54) is 0 Å². The van der Waals surface area contributed by atoms with Gasteiger partial charge in [0.25, 0.3) is 5.91 Å². The number of amides is 2. The molecule has 1 aliphatic heterocycles. The van der Waals surface area contributed by atoms with Crippen molar-refractivity contribution < 1.29 is 9.59 Å². The minimum Gasteiger partial charge on any atom is -0.350 e. The minimum atomic E-state index is 0.0442. The Bertz CT molecular complexity index is 802. The molecule has 3 rings (SSSR count). The quantitative estimate of drug-likeness (QED) is 0.851. The molecule has 0 unspecified atom stereocenters. The lowest BCUT2D eigenvalue weighted by Gasteiger charge is -2.31. The molecular formula is C21H27N3O2S. The number of rotatable bonds is 5. The highest BCUT2D eigenvalue weighted by molar-refractivity contribution is 7.09. The lowest BCUT2D eigenvalue weighted by molar-refractivity contribution is -0.120. The first kappa shape index (κ1) is 19.5. The van der Waals surface area contributed by atoms with Gasteiger partial charge in [0.2, 0.25) is 5.91 Å². The van der Waals surface area contributed by atoms with Gasteiger partial charge in [-0.15, -0.1) is 11.3 Å². The van der Waals surface area contributed by atoms with Crippen LogP contribution in [0.15, 0.2) is 23.6 Å². The molecule has 144 valence electrons. The second kappa shape index (κ2) is 8.65. The summed E-state index contributed by atoms with van der Waals surface area (Å²) in [7, 11) is 0.